The maximum absolute atomic E-state index is 13.3. The number of hydrogen-bond donors (Lipinski definition) is 0. The van der Waals surface area contributed by atoms with Crippen molar-refractivity contribution in [2.75, 3.05) is 40.3 Å². The minimum atomic E-state index is -0.305. The van der Waals surface area contributed by atoms with E-state index in [1.54, 1.807) is 40.9 Å². The summed E-state index contributed by atoms with van der Waals surface area (Å²) in [5.74, 6) is -0.307. The van der Waals surface area contributed by atoms with E-state index in [1.165, 1.54) is 23.5 Å². The van der Waals surface area contributed by atoms with Gasteiger partial charge in [-0.15, -0.1) is 11.3 Å². The summed E-state index contributed by atoms with van der Waals surface area (Å²) in [6.07, 6.45) is 0.216. The first kappa shape index (κ1) is 18.3. The van der Waals surface area contributed by atoms with Gasteiger partial charge in [-0.2, -0.15) is 0 Å². The Morgan fingerprint density at radius 3 is 2.54 bits per heavy atom. The fourth-order valence-corrected chi connectivity index (χ4v) is 3.66. The predicted molar refractivity (Wildman–Crippen MR) is 98.4 cm³/mol. The van der Waals surface area contributed by atoms with E-state index < -0.39 is 0 Å². The van der Waals surface area contributed by atoms with Crippen LogP contribution in [0, 0.1) is 5.82 Å². The molecule has 3 amide bonds. The molecule has 0 radical (unpaired) electrons. The summed E-state index contributed by atoms with van der Waals surface area (Å²) in [5.41, 5.74) is 1.40. The van der Waals surface area contributed by atoms with E-state index >= 15 is 0 Å². The number of amides is 3. The van der Waals surface area contributed by atoms with Crippen molar-refractivity contribution >= 4 is 23.3 Å². The molecule has 0 saturated carbocycles. The van der Waals surface area contributed by atoms with E-state index in [0.29, 0.717) is 42.4 Å². The number of rotatable bonds is 3. The fraction of sp³-hybridized carbons (Fsp3) is 0.389. The molecule has 0 atom stereocenters. The van der Waals surface area contributed by atoms with E-state index in [2.05, 4.69) is 4.98 Å². The number of carbonyl (C=O) groups excluding carboxylic acids is 2. The molecule has 1 fully saturated rings. The van der Waals surface area contributed by atoms with Crippen LogP contribution in [0.2, 0.25) is 0 Å². The van der Waals surface area contributed by atoms with Crippen LogP contribution in [0.5, 0.6) is 0 Å². The molecule has 0 unspecified atom stereocenters. The minimum absolute atomic E-state index is 0.00181. The number of carbonyl (C=O) groups is 2. The second-order valence-electron chi connectivity index (χ2n) is 6.38. The Labute approximate surface area is 155 Å². The Balaban J connectivity index is 1.57. The summed E-state index contributed by atoms with van der Waals surface area (Å²) < 4.78 is 13.3. The van der Waals surface area contributed by atoms with Crippen molar-refractivity contribution in [2.45, 2.75) is 6.42 Å². The third-order valence-corrected chi connectivity index (χ3v) is 5.18. The molecule has 8 heteroatoms. The highest BCUT2D eigenvalue weighted by Gasteiger charge is 2.25. The van der Waals surface area contributed by atoms with Crippen molar-refractivity contribution in [2.24, 2.45) is 0 Å². The highest BCUT2D eigenvalue weighted by atomic mass is 32.1. The van der Waals surface area contributed by atoms with Gasteiger partial charge in [-0.05, 0) is 12.1 Å². The van der Waals surface area contributed by atoms with Crippen LogP contribution in [0.15, 0.2) is 29.6 Å². The van der Waals surface area contributed by atoms with Crippen LogP contribution in [-0.4, -0.2) is 71.9 Å². The van der Waals surface area contributed by atoms with Crippen LogP contribution in [0.1, 0.15) is 5.69 Å². The minimum Gasteiger partial charge on any atom is -0.339 e. The SMILES string of the molecule is CN(C)C(=O)N1CCN(C(=O)Cc2csc(-c3cccc(F)c3)n2)CC1. The van der Waals surface area contributed by atoms with Crippen molar-refractivity contribution in [1.82, 2.24) is 19.7 Å². The quantitative estimate of drug-likeness (QED) is 0.826. The molecule has 0 N–H and O–H groups in total. The molecule has 0 aliphatic carbocycles. The van der Waals surface area contributed by atoms with Crippen LogP contribution in [-0.2, 0) is 11.2 Å². The van der Waals surface area contributed by atoms with Crippen molar-refractivity contribution in [3.8, 4) is 10.6 Å². The van der Waals surface area contributed by atoms with Crippen LogP contribution >= 0.6 is 11.3 Å². The van der Waals surface area contributed by atoms with Gasteiger partial charge in [0.1, 0.15) is 10.8 Å². The molecule has 1 aliphatic rings. The van der Waals surface area contributed by atoms with E-state index in [0.717, 1.165) is 0 Å². The van der Waals surface area contributed by atoms with Crippen molar-refractivity contribution in [3.63, 3.8) is 0 Å². The number of thiazole rings is 1. The van der Waals surface area contributed by atoms with Crippen molar-refractivity contribution in [3.05, 3.63) is 41.2 Å². The zero-order valence-corrected chi connectivity index (χ0v) is 15.6. The van der Waals surface area contributed by atoms with Crippen molar-refractivity contribution in [1.29, 1.82) is 0 Å². The van der Waals surface area contributed by atoms with Gasteiger partial charge in [0.15, 0.2) is 0 Å². The lowest BCUT2D eigenvalue weighted by atomic mass is 10.2. The molecule has 26 heavy (non-hydrogen) atoms. The lowest BCUT2D eigenvalue weighted by Gasteiger charge is -2.35. The van der Waals surface area contributed by atoms with E-state index in [1.807, 2.05) is 5.38 Å². The maximum Gasteiger partial charge on any atom is 0.319 e. The van der Waals surface area contributed by atoms with Crippen LogP contribution in [0.4, 0.5) is 9.18 Å². The number of piperazine rings is 1. The molecule has 2 heterocycles. The third-order valence-electron chi connectivity index (χ3n) is 4.24. The summed E-state index contributed by atoms with van der Waals surface area (Å²) in [5, 5.41) is 2.54. The molecule has 1 saturated heterocycles. The molecule has 1 aromatic heterocycles. The Bertz CT molecular complexity index is 800. The fourth-order valence-electron chi connectivity index (χ4n) is 2.84. The molecule has 0 spiro atoms. The molecule has 6 nitrogen and oxygen atoms in total. The first-order valence-electron chi connectivity index (χ1n) is 8.38. The number of urea groups is 1. The van der Waals surface area contributed by atoms with Gasteiger partial charge in [-0.1, -0.05) is 12.1 Å². The Morgan fingerprint density at radius 1 is 1.19 bits per heavy atom. The average molecular weight is 376 g/mol. The maximum atomic E-state index is 13.3. The van der Waals surface area contributed by atoms with Crippen LogP contribution in [0.3, 0.4) is 0 Å². The second-order valence-corrected chi connectivity index (χ2v) is 7.23. The standard InChI is InChI=1S/C18H21FN4O2S/c1-21(2)18(25)23-8-6-22(7-9-23)16(24)11-15-12-26-17(20-15)13-4-3-5-14(19)10-13/h3-5,10,12H,6-9,11H2,1-2H3. The van der Waals surface area contributed by atoms with Gasteiger partial charge < -0.3 is 14.7 Å². The van der Waals surface area contributed by atoms with E-state index in [9.17, 15) is 14.0 Å². The van der Waals surface area contributed by atoms with Gasteiger partial charge in [0.05, 0.1) is 12.1 Å². The Morgan fingerprint density at radius 2 is 1.88 bits per heavy atom. The Hall–Kier alpha value is -2.48. The lowest BCUT2D eigenvalue weighted by molar-refractivity contribution is -0.131. The summed E-state index contributed by atoms with van der Waals surface area (Å²) in [6.45, 7) is 2.13. The predicted octanol–water partition coefficient (Wildman–Crippen LogP) is 2.32. The molecule has 3 rings (SSSR count). The van der Waals surface area contributed by atoms with Gasteiger partial charge in [-0.25, -0.2) is 14.2 Å². The van der Waals surface area contributed by atoms with Gasteiger partial charge in [0.2, 0.25) is 5.91 Å². The molecule has 138 valence electrons. The van der Waals surface area contributed by atoms with Crippen LogP contribution < -0.4 is 0 Å². The van der Waals surface area contributed by atoms with Crippen molar-refractivity contribution < 1.29 is 14.0 Å². The number of aromatic nitrogens is 1. The third kappa shape index (κ3) is 4.19. The zero-order chi connectivity index (χ0) is 18.7. The zero-order valence-electron chi connectivity index (χ0n) is 14.8. The molecule has 1 aromatic carbocycles. The summed E-state index contributed by atoms with van der Waals surface area (Å²) in [4.78, 5) is 33.9. The number of benzene rings is 1. The van der Waals surface area contributed by atoms with Gasteiger partial charge in [0.25, 0.3) is 0 Å². The highest BCUT2D eigenvalue weighted by molar-refractivity contribution is 7.13. The van der Waals surface area contributed by atoms with E-state index in [-0.39, 0.29) is 24.2 Å². The van der Waals surface area contributed by atoms with Gasteiger partial charge in [-0.3, -0.25) is 4.79 Å². The number of hydrogen-bond acceptors (Lipinski definition) is 4. The average Bonchev–Trinajstić information content (AvgIpc) is 3.09. The van der Waals surface area contributed by atoms with Gasteiger partial charge in [0, 0.05) is 51.2 Å². The largest absolute Gasteiger partial charge is 0.339 e. The first-order valence-corrected chi connectivity index (χ1v) is 9.26. The monoisotopic (exact) mass is 376 g/mol. The smallest absolute Gasteiger partial charge is 0.319 e. The lowest BCUT2D eigenvalue weighted by Crippen LogP contribution is -2.53. The normalized spacial score (nSPS) is 14.4. The molecular weight excluding hydrogens is 355 g/mol. The second kappa shape index (κ2) is 7.82. The topological polar surface area (TPSA) is 56.8 Å². The number of halogens is 1. The van der Waals surface area contributed by atoms with Crippen LogP contribution in [0.25, 0.3) is 10.6 Å². The highest BCUT2D eigenvalue weighted by Crippen LogP contribution is 2.24. The summed E-state index contributed by atoms with van der Waals surface area (Å²) in [6, 6.07) is 6.24. The molecular formula is C18H21FN4O2S. The summed E-state index contributed by atoms with van der Waals surface area (Å²) in [7, 11) is 3.44. The summed E-state index contributed by atoms with van der Waals surface area (Å²) >= 11 is 1.40. The molecule has 2 aromatic rings. The van der Waals surface area contributed by atoms with Gasteiger partial charge >= 0.3 is 6.03 Å². The number of nitrogens with zero attached hydrogens (tertiary/aromatic N) is 4. The van der Waals surface area contributed by atoms with E-state index in [4.69, 9.17) is 0 Å². The molecule has 0 bridgehead atoms. The Kier molecular flexibility index (Phi) is 5.51. The first-order chi connectivity index (χ1) is 12.4. The molecule has 1 aliphatic heterocycles.